The lowest BCUT2D eigenvalue weighted by Gasteiger charge is -2.21. The average molecular weight is 206 g/mol. The minimum atomic E-state index is -0.100. The van der Waals surface area contributed by atoms with Crippen molar-refractivity contribution in [2.24, 2.45) is 0 Å². The highest BCUT2D eigenvalue weighted by atomic mass is 35.5. The molecule has 66 valence electrons. The van der Waals surface area contributed by atoms with Gasteiger partial charge in [0.1, 0.15) is 5.03 Å². The molecule has 0 saturated heterocycles. The molecule has 0 bridgehead atoms. The summed E-state index contributed by atoms with van der Waals surface area (Å²) in [6, 6.07) is 0.372. The second-order valence-electron chi connectivity index (χ2n) is 3.28. The minimum absolute atomic E-state index is 0.0147. The number of rotatable bonds is 1. The summed E-state index contributed by atoms with van der Waals surface area (Å²) in [6.07, 6.45) is 2.18. The smallest absolute Gasteiger partial charge is 0.267 e. The Bertz CT molecular complexity index is 270. The predicted molar refractivity (Wildman–Crippen MR) is 48.1 cm³/mol. The molecule has 1 fully saturated rings. The Morgan fingerprint density at radius 1 is 1.42 bits per heavy atom. The fraction of sp³-hybridized carbons (Fsp3) is 0.625. The molecular formula is C8H9Cl2NO. The number of hydrogen-bond donors (Lipinski definition) is 0. The molecule has 0 aromatic carbocycles. The lowest BCUT2D eigenvalue weighted by molar-refractivity contribution is -0.126. The summed E-state index contributed by atoms with van der Waals surface area (Å²) < 4.78 is 0. The molecule has 1 atom stereocenters. The zero-order chi connectivity index (χ0) is 8.88. The van der Waals surface area contributed by atoms with Gasteiger partial charge in [-0.3, -0.25) is 4.79 Å². The molecule has 2 aliphatic rings. The molecule has 4 heteroatoms. The van der Waals surface area contributed by atoms with Gasteiger partial charge in [0.25, 0.3) is 5.91 Å². The van der Waals surface area contributed by atoms with Gasteiger partial charge >= 0.3 is 0 Å². The number of carbonyl (C=O) groups is 1. The molecule has 1 heterocycles. The van der Waals surface area contributed by atoms with Crippen molar-refractivity contribution in [3.63, 3.8) is 0 Å². The van der Waals surface area contributed by atoms with Crippen LogP contribution in [0, 0.1) is 0 Å². The largest absolute Gasteiger partial charge is 0.327 e. The van der Waals surface area contributed by atoms with E-state index in [2.05, 4.69) is 0 Å². The van der Waals surface area contributed by atoms with Gasteiger partial charge < -0.3 is 4.90 Å². The third-order valence-electron chi connectivity index (χ3n) is 2.36. The number of nitrogens with zero attached hydrogens (tertiary/aromatic N) is 1. The van der Waals surface area contributed by atoms with Crippen molar-refractivity contribution in [1.29, 1.82) is 0 Å². The van der Waals surface area contributed by atoms with Crippen LogP contribution in [0.5, 0.6) is 0 Å². The Kier molecular flexibility index (Phi) is 1.85. The summed E-state index contributed by atoms with van der Waals surface area (Å²) in [5.41, 5.74) is 0. The lowest BCUT2D eigenvalue weighted by atomic mass is 10.3. The van der Waals surface area contributed by atoms with Crippen LogP contribution in [0.25, 0.3) is 0 Å². The summed E-state index contributed by atoms with van der Waals surface area (Å²) in [7, 11) is 0. The fourth-order valence-electron chi connectivity index (χ4n) is 1.53. The molecule has 0 spiro atoms. The first-order chi connectivity index (χ1) is 5.63. The highest BCUT2D eigenvalue weighted by Crippen LogP contribution is 2.39. The Hall–Kier alpha value is -0.210. The van der Waals surface area contributed by atoms with E-state index in [1.807, 2.05) is 6.92 Å². The minimum Gasteiger partial charge on any atom is -0.327 e. The molecule has 1 aliphatic heterocycles. The summed E-state index contributed by atoms with van der Waals surface area (Å²) in [5.74, 6) is -0.100. The van der Waals surface area contributed by atoms with E-state index in [1.54, 1.807) is 4.90 Å². The van der Waals surface area contributed by atoms with Crippen LogP contribution in [0.3, 0.4) is 0 Å². The quantitative estimate of drug-likeness (QED) is 0.643. The Labute approximate surface area is 81.1 Å². The maximum Gasteiger partial charge on any atom is 0.267 e. The van der Waals surface area contributed by atoms with Crippen molar-refractivity contribution in [3.05, 3.63) is 10.1 Å². The summed E-state index contributed by atoms with van der Waals surface area (Å²) in [6.45, 7) is 1.91. The van der Waals surface area contributed by atoms with Gasteiger partial charge in [0.05, 0.1) is 11.1 Å². The number of hydrogen-bond acceptors (Lipinski definition) is 1. The van der Waals surface area contributed by atoms with Gasteiger partial charge in [-0.25, -0.2) is 0 Å². The van der Waals surface area contributed by atoms with E-state index in [4.69, 9.17) is 23.2 Å². The third-order valence-corrected chi connectivity index (χ3v) is 3.32. The van der Waals surface area contributed by atoms with Crippen LogP contribution >= 0.6 is 23.2 Å². The van der Waals surface area contributed by atoms with Gasteiger partial charge in [0, 0.05) is 6.04 Å². The van der Waals surface area contributed by atoms with E-state index in [0.29, 0.717) is 11.1 Å². The van der Waals surface area contributed by atoms with E-state index in [9.17, 15) is 4.79 Å². The second-order valence-corrected chi connectivity index (χ2v) is 4.07. The first kappa shape index (κ1) is 8.39. The molecule has 1 saturated carbocycles. The van der Waals surface area contributed by atoms with Gasteiger partial charge in [-0.05, 0) is 19.8 Å². The van der Waals surface area contributed by atoms with Gasteiger partial charge in [0.15, 0.2) is 0 Å². The van der Waals surface area contributed by atoms with Crippen molar-refractivity contribution < 1.29 is 4.79 Å². The predicted octanol–water partition coefficient (Wildman–Crippen LogP) is 2.07. The monoisotopic (exact) mass is 205 g/mol. The molecule has 0 N–H and O–H groups in total. The van der Waals surface area contributed by atoms with E-state index >= 15 is 0 Å². The molecular weight excluding hydrogens is 197 g/mol. The Morgan fingerprint density at radius 2 is 2.00 bits per heavy atom. The zero-order valence-corrected chi connectivity index (χ0v) is 8.19. The van der Waals surface area contributed by atoms with E-state index in [1.165, 1.54) is 0 Å². The summed E-state index contributed by atoms with van der Waals surface area (Å²) in [5, 5.41) is 0.699. The van der Waals surface area contributed by atoms with Gasteiger partial charge in [-0.15, -0.1) is 0 Å². The molecule has 2 nitrogen and oxygen atoms in total. The van der Waals surface area contributed by atoms with Crippen molar-refractivity contribution in [2.45, 2.75) is 31.8 Å². The van der Waals surface area contributed by atoms with Crippen molar-refractivity contribution in [2.75, 3.05) is 0 Å². The number of carbonyl (C=O) groups excluding carboxylic acids is 1. The van der Waals surface area contributed by atoms with Crippen molar-refractivity contribution >= 4 is 29.1 Å². The van der Waals surface area contributed by atoms with Crippen LogP contribution in [0.1, 0.15) is 19.8 Å². The normalized spacial score (nSPS) is 30.4. The van der Waals surface area contributed by atoms with Crippen LogP contribution in [0.2, 0.25) is 0 Å². The first-order valence-corrected chi connectivity index (χ1v) is 4.76. The zero-order valence-electron chi connectivity index (χ0n) is 6.68. The maximum atomic E-state index is 11.5. The topological polar surface area (TPSA) is 20.3 Å². The van der Waals surface area contributed by atoms with E-state index in [0.717, 1.165) is 12.8 Å². The molecule has 0 radical (unpaired) electrons. The van der Waals surface area contributed by atoms with Gasteiger partial charge in [0.2, 0.25) is 0 Å². The Balaban J connectivity index is 2.26. The maximum absolute atomic E-state index is 11.5. The van der Waals surface area contributed by atoms with Crippen LogP contribution in [-0.4, -0.2) is 22.9 Å². The number of amides is 1. The molecule has 2 rings (SSSR count). The fourth-order valence-corrected chi connectivity index (χ4v) is 1.97. The molecule has 0 aromatic heterocycles. The average Bonchev–Trinajstić information content (AvgIpc) is 2.82. The summed E-state index contributed by atoms with van der Waals surface area (Å²) in [4.78, 5) is 13.2. The first-order valence-electron chi connectivity index (χ1n) is 4.00. The second kappa shape index (κ2) is 2.64. The Morgan fingerprint density at radius 3 is 2.33 bits per heavy atom. The highest BCUT2D eigenvalue weighted by molar-refractivity contribution is 6.49. The standard InChI is InChI=1S/C8H9Cl2NO/c1-4-6(9)7(10)8(12)11(4)5-2-3-5/h4-5H,2-3H2,1H3. The highest BCUT2D eigenvalue weighted by Gasteiger charge is 2.43. The molecule has 0 aromatic rings. The van der Waals surface area contributed by atoms with Crippen LogP contribution in [0.15, 0.2) is 10.1 Å². The van der Waals surface area contributed by atoms with Crippen molar-refractivity contribution in [1.82, 2.24) is 4.90 Å². The molecule has 12 heavy (non-hydrogen) atoms. The lowest BCUT2D eigenvalue weighted by Crippen LogP contribution is -2.34. The SMILES string of the molecule is CC1C(Cl)=C(Cl)C(=O)N1C1CC1. The van der Waals surface area contributed by atoms with Gasteiger partial charge in [-0.2, -0.15) is 0 Å². The molecule has 1 amide bonds. The third kappa shape index (κ3) is 1.05. The van der Waals surface area contributed by atoms with E-state index < -0.39 is 0 Å². The van der Waals surface area contributed by atoms with Crippen LogP contribution in [0.4, 0.5) is 0 Å². The summed E-state index contributed by atoms with van der Waals surface area (Å²) >= 11 is 11.6. The number of halogens is 2. The van der Waals surface area contributed by atoms with Crippen molar-refractivity contribution in [3.8, 4) is 0 Å². The molecule has 1 unspecified atom stereocenters. The van der Waals surface area contributed by atoms with Gasteiger partial charge in [-0.1, -0.05) is 23.2 Å². The van der Waals surface area contributed by atoms with Crippen LogP contribution in [-0.2, 0) is 4.79 Å². The van der Waals surface area contributed by atoms with E-state index in [-0.39, 0.29) is 17.0 Å². The molecule has 1 aliphatic carbocycles. The van der Waals surface area contributed by atoms with Crippen LogP contribution < -0.4 is 0 Å².